The van der Waals surface area contributed by atoms with E-state index in [1.165, 1.54) is 0 Å². The highest BCUT2D eigenvalue weighted by Crippen LogP contribution is 2.13. The van der Waals surface area contributed by atoms with Gasteiger partial charge in [-0.05, 0) is 18.8 Å². The predicted molar refractivity (Wildman–Crippen MR) is 58.7 cm³/mol. The monoisotopic (exact) mass is 196 g/mol. The first-order valence-electron chi connectivity index (χ1n) is 5.22. The van der Waals surface area contributed by atoms with E-state index in [1.807, 2.05) is 6.92 Å². The van der Waals surface area contributed by atoms with Gasteiger partial charge in [0.05, 0.1) is 0 Å². The van der Waals surface area contributed by atoms with Crippen molar-refractivity contribution >= 4 is 0 Å². The van der Waals surface area contributed by atoms with Crippen molar-refractivity contribution in [2.24, 2.45) is 5.92 Å². The van der Waals surface area contributed by atoms with E-state index in [9.17, 15) is 4.79 Å². The fraction of sp³-hybridized carbons (Fsp3) is 0.727. The Hall–Kier alpha value is -0.990. The van der Waals surface area contributed by atoms with Gasteiger partial charge in [0, 0.05) is 17.8 Å². The van der Waals surface area contributed by atoms with Crippen LogP contribution in [0.3, 0.4) is 0 Å². The average molecular weight is 196 g/mol. The smallest absolute Gasteiger partial charge is 0.269 e. The highest BCUT2D eigenvalue weighted by Gasteiger charge is 2.12. The van der Waals surface area contributed by atoms with Gasteiger partial charge < -0.3 is 0 Å². The van der Waals surface area contributed by atoms with Crippen LogP contribution in [-0.4, -0.2) is 9.78 Å². The molecular weight excluding hydrogens is 176 g/mol. The fourth-order valence-corrected chi connectivity index (χ4v) is 1.65. The average Bonchev–Trinajstić information content (AvgIpc) is 2.32. The summed E-state index contributed by atoms with van der Waals surface area (Å²) in [5.41, 5.74) is 2.05. The topological polar surface area (TPSA) is 37.8 Å². The van der Waals surface area contributed by atoms with Crippen LogP contribution < -0.4 is 5.56 Å². The van der Waals surface area contributed by atoms with Crippen LogP contribution in [0.5, 0.6) is 0 Å². The fourth-order valence-electron chi connectivity index (χ4n) is 1.65. The Bertz CT molecular complexity index is 358. The van der Waals surface area contributed by atoms with Crippen molar-refractivity contribution in [1.29, 1.82) is 0 Å². The molecule has 0 atom stereocenters. The van der Waals surface area contributed by atoms with Gasteiger partial charge in [-0.3, -0.25) is 14.6 Å². The van der Waals surface area contributed by atoms with Gasteiger partial charge in [0.15, 0.2) is 0 Å². The molecule has 1 aromatic heterocycles. The molecule has 0 spiro atoms. The minimum absolute atomic E-state index is 0.127. The Labute approximate surface area is 85.1 Å². The lowest BCUT2D eigenvalue weighted by Crippen LogP contribution is -2.20. The minimum Gasteiger partial charge on any atom is -0.299 e. The normalized spacial score (nSPS) is 11.6. The number of aromatic amines is 1. The Kier molecular flexibility index (Phi) is 3.19. The van der Waals surface area contributed by atoms with Crippen molar-refractivity contribution in [3.05, 3.63) is 21.6 Å². The first-order chi connectivity index (χ1) is 6.43. The maximum absolute atomic E-state index is 11.8. The number of nitrogens with one attached hydrogen (secondary N) is 1. The maximum Gasteiger partial charge on any atom is 0.269 e. The van der Waals surface area contributed by atoms with E-state index in [1.54, 1.807) is 4.68 Å². The Morgan fingerprint density at radius 1 is 1.29 bits per heavy atom. The van der Waals surface area contributed by atoms with Crippen molar-refractivity contribution in [2.45, 2.75) is 47.1 Å². The number of nitrogens with zero attached hydrogens (tertiary/aromatic N) is 1. The second-order valence-corrected chi connectivity index (χ2v) is 4.61. The van der Waals surface area contributed by atoms with E-state index in [0.29, 0.717) is 11.8 Å². The molecule has 0 radical (unpaired) electrons. The van der Waals surface area contributed by atoms with Gasteiger partial charge >= 0.3 is 0 Å². The summed E-state index contributed by atoms with van der Waals surface area (Å²) in [6.45, 7) is 11.1. The Balaban J connectivity index is 3.09. The molecule has 3 heteroatoms. The molecule has 1 rings (SSSR count). The molecule has 0 aliphatic rings. The van der Waals surface area contributed by atoms with Crippen LogP contribution in [-0.2, 0) is 6.54 Å². The molecule has 0 aliphatic carbocycles. The van der Waals surface area contributed by atoms with Crippen LogP contribution in [0.25, 0.3) is 0 Å². The van der Waals surface area contributed by atoms with Crippen molar-refractivity contribution in [3.63, 3.8) is 0 Å². The van der Waals surface area contributed by atoms with Gasteiger partial charge in [0.2, 0.25) is 0 Å². The first kappa shape index (κ1) is 11.1. The molecule has 1 N–H and O–H groups in total. The third kappa shape index (κ3) is 2.08. The van der Waals surface area contributed by atoms with E-state index in [4.69, 9.17) is 0 Å². The quantitative estimate of drug-likeness (QED) is 0.791. The number of rotatable bonds is 3. The summed E-state index contributed by atoms with van der Waals surface area (Å²) in [6.07, 6.45) is 0. The molecule has 0 fully saturated rings. The minimum atomic E-state index is 0.127. The van der Waals surface area contributed by atoms with E-state index in [-0.39, 0.29) is 5.56 Å². The Morgan fingerprint density at radius 3 is 2.21 bits per heavy atom. The van der Waals surface area contributed by atoms with Crippen LogP contribution in [0.15, 0.2) is 4.79 Å². The van der Waals surface area contributed by atoms with Gasteiger partial charge in [-0.15, -0.1) is 0 Å². The summed E-state index contributed by atoms with van der Waals surface area (Å²) >= 11 is 0. The number of hydrogen-bond acceptors (Lipinski definition) is 1. The van der Waals surface area contributed by atoms with Crippen molar-refractivity contribution in [2.75, 3.05) is 0 Å². The van der Waals surface area contributed by atoms with Gasteiger partial charge in [0.25, 0.3) is 5.56 Å². The predicted octanol–water partition coefficient (Wildman–Crippen LogP) is 2.26. The van der Waals surface area contributed by atoms with Crippen LogP contribution in [0.1, 0.15) is 44.9 Å². The van der Waals surface area contributed by atoms with Crippen LogP contribution in [0.4, 0.5) is 0 Å². The molecule has 1 heterocycles. The molecule has 3 nitrogen and oxygen atoms in total. The summed E-state index contributed by atoms with van der Waals surface area (Å²) in [4.78, 5) is 11.8. The summed E-state index contributed by atoms with van der Waals surface area (Å²) in [7, 11) is 0. The van der Waals surface area contributed by atoms with Crippen LogP contribution in [0.2, 0.25) is 0 Å². The van der Waals surface area contributed by atoms with Crippen molar-refractivity contribution < 1.29 is 0 Å². The van der Waals surface area contributed by atoms with Gasteiger partial charge in [0.1, 0.15) is 0 Å². The second kappa shape index (κ2) is 4.03. The SMILES string of the molecule is Cc1c(C(C)C)[nH]n(CC(C)C)c1=O. The molecule has 80 valence electrons. The molecule has 0 unspecified atom stereocenters. The Morgan fingerprint density at radius 2 is 1.86 bits per heavy atom. The van der Waals surface area contributed by atoms with Crippen molar-refractivity contribution in [3.8, 4) is 0 Å². The summed E-state index contributed by atoms with van der Waals surface area (Å²) in [6, 6.07) is 0. The third-order valence-electron chi connectivity index (χ3n) is 2.35. The molecule has 0 aromatic carbocycles. The lowest BCUT2D eigenvalue weighted by molar-refractivity contribution is 0.468. The number of hydrogen-bond donors (Lipinski definition) is 1. The van der Waals surface area contributed by atoms with Gasteiger partial charge in [-0.1, -0.05) is 27.7 Å². The van der Waals surface area contributed by atoms with Gasteiger partial charge in [-0.2, -0.15) is 0 Å². The van der Waals surface area contributed by atoms with Crippen LogP contribution >= 0.6 is 0 Å². The lowest BCUT2D eigenvalue weighted by atomic mass is 10.1. The summed E-state index contributed by atoms with van der Waals surface area (Å²) in [5, 5.41) is 3.18. The summed E-state index contributed by atoms with van der Waals surface area (Å²) < 4.78 is 1.72. The highest BCUT2D eigenvalue weighted by molar-refractivity contribution is 5.18. The van der Waals surface area contributed by atoms with E-state index in [2.05, 4.69) is 32.8 Å². The highest BCUT2D eigenvalue weighted by atomic mass is 16.1. The van der Waals surface area contributed by atoms with E-state index >= 15 is 0 Å². The molecule has 0 saturated carbocycles. The molecule has 0 saturated heterocycles. The lowest BCUT2D eigenvalue weighted by Gasteiger charge is -2.05. The van der Waals surface area contributed by atoms with E-state index in [0.717, 1.165) is 17.8 Å². The zero-order valence-electron chi connectivity index (χ0n) is 9.72. The third-order valence-corrected chi connectivity index (χ3v) is 2.35. The van der Waals surface area contributed by atoms with E-state index < -0.39 is 0 Å². The summed E-state index contributed by atoms with van der Waals surface area (Å²) in [5.74, 6) is 0.877. The zero-order chi connectivity index (χ0) is 10.9. The maximum atomic E-state index is 11.8. The molecule has 0 amide bonds. The zero-order valence-corrected chi connectivity index (χ0v) is 9.72. The van der Waals surface area contributed by atoms with Crippen LogP contribution in [0, 0.1) is 12.8 Å². The molecular formula is C11H20N2O. The molecule has 0 aliphatic heterocycles. The second-order valence-electron chi connectivity index (χ2n) is 4.61. The van der Waals surface area contributed by atoms with Crippen molar-refractivity contribution in [1.82, 2.24) is 9.78 Å². The molecule has 14 heavy (non-hydrogen) atoms. The number of H-pyrrole nitrogens is 1. The molecule has 0 bridgehead atoms. The number of aromatic nitrogens is 2. The first-order valence-corrected chi connectivity index (χ1v) is 5.22. The largest absolute Gasteiger partial charge is 0.299 e. The standard InChI is InChI=1S/C11H20N2O/c1-7(2)6-13-11(14)9(5)10(12-13)8(3)4/h7-8,12H,6H2,1-5H3. The van der Waals surface area contributed by atoms with Gasteiger partial charge in [-0.25, -0.2) is 0 Å². The molecule has 1 aromatic rings.